The molecule has 0 aliphatic carbocycles. The molecular formula is C17H24F3N3O3. The van der Waals surface area contributed by atoms with Crippen LogP contribution in [0.1, 0.15) is 18.9 Å². The fraction of sp³-hybridized carbons (Fsp3) is 0.647. The minimum atomic E-state index is -4.39. The van der Waals surface area contributed by atoms with Crippen LogP contribution in [0.15, 0.2) is 18.3 Å². The third-order valence-corrected chi connectivity index (χ3v) is 4.05. The Labute approximate surface area is 150 Å². The maximum absolute atomic E-state index is 12.6. The first-order chi connectivity index (χ1) is 12.4. The van der Waals surface area contributed by atoms with Crippen molar-refractivity contribution < 1.29 is 27.4 Å². The van der Waals surface area contributed by atoms with Gasteiger partial charge in [0, 0.05) is 39.0 Å². The first kappa shape index (κ1) is 20.4. The molecule has 1 aliphatic rings. The lowest BCUT2D eigenvalue weighted by atomic mass is 10.2. The lowest BCUT2D eigenvalue weighted by Gasteiger charge is -2.23. The molecule has 0 saturated carbocycles. The Bertz CT molecular complexity index is 567. The molecule has 0 radical (unpaired) electrons. The van der Waals surface area contributed by atoms with Crippen LogP contribution in [-0.2, 0) is 20.4 Å². The van der Waals surface area contributed by atoms with Gasteiger partial charge in [0.05, 0.1) is 18.8 Å². The third kappa shape index (κ3) is 6.14. The molecule has 26 heavy (non-hydrogen) atoms. The summed E-state index contributed by atoms with van der Waals surface area (Å²) in [5.41, 5.74) is -0.767. The summed E-state index contributed by atoms with van der Waals surface area (Å²) in [6.45, 7) is 5.55. The van der Waals surface area contributed by atoms with Crippen LogP contribution in [0.4, 0.5) is 19.0 Å². The van der Waals surface area contributed by atoms with Crippen molar-refractivity contribution in [2.75, 3.05) is 57.5 Å². The zero-order valence-corrected chi connectivity index (χ0v) is 14.8. The van der Waals surface area contributed by atoms with E-state index in [-0.39, 0.29) is 12.5 Å². The second-order valence-electron chi connectivity index (χ2n) is 5.87. The highest BCUT2D eigenvalue weighted by Crippen LogP contribution is 2.29. The van der Waals surface area contributed by atoms with E-state index < -0.39 is 11.7 Å². The second kappa shape index (κ2) is 9.72. The Morgan fingerprint density at radius 1 is 1.15 bits per heavy atom. The Morgan fingerprint density at radius 3 is 2.58 bits per heavy atom. The molecule has 9 heteroatoms. The number of rotatable bonds is 7. The highest BCUT2D eigenvalue weighted by Gasteiger charge is 2.31. The predicted molar refractivity (Wildman–Crippen MR) is 90.0 cm³/mol. The molecule has 1 amide bonds. The largest absolute Gasteiger partial charge is 0.417 e. The fourth-order valence-corrected chi connectivity index (χ4v) is 2.65. The van der Waals surface area contributed by atoms with Gasteiger partial charge >= 0.3 is 6.18 Å². The van der Waals surface area contributed by atoms with Crippen LogP contribution >= 0.6 is 0 Å². The smallest absolute Gasteiger partial charge is 0.379 e. The van der Waals surface area contributed by atoms with Gasteiger partial charge in [-0.25, -0.2) is 4.98 Å². The molecule has 1 fully saturated rings. The molecule has 0 unspecified atom stereocenters. The molecule has 1 saturated heterocycles. The Morgan fingerprint density at radius 2 is 1.92 bits per heavy atom. The van der Waals surface area contributed by atoms with E-state index in [1.807, 2.05) is 11.8 Å². The van der Waals surface area contributed by atoms with Crippen molar-refractivity contribution in [3.8, 4) is 0 Å². The molecule has 0 aromatic carbocycles. The highest BCUT2D eigenvalue weighted by atomic mass is 19.4. The SMILES string of the molecule is CCOCCOCC(=O)N1CCCN(c2ccc(C(F)(F)F)cn2)CC1. The molecule has 0 atom stereocenters. The summed E-state index contributed by atoms with van der Waals surface area (Å²) in [5, 5.41) is 0. The molecule has 1 aromatic heterocycles. The van der Waals surface area contributed by atoms with Crippen molar-refractivity contribution in [1.82, 2.24) is 9.88 Å². The average Bonchev–Trinajstić information content (AvgIpc) is 2.87. The fourth-order valence-electron chi connectivity index (χ4n) is 2.65. The number of amides is 1. The summed E-state index contributed by atoms with van der Waals surface area (Å²) in [6, 6.07) is 2.40. The molecular weight excluding hydrogens is 351 g/mol. The maximum Gasteiger partial charge on any atom is 0.417 e. The number of carbonyl (C=O) groups excluding carboxylic acids is 1. The Balaban J connectivity index is 1.83. The van der Waals surface area contributed by atoms with Crippen molar-refractivity contribution in [1.29, 1.82) is 0 Å². The lowest BCUT2D eigenvalue weighted by molar-refractivity contribution is -0.138. The van der Waals surface area contributed by atoms with E-state index in [0.717, 1.165) is 12.3 Å². The number of halogens is 3. The molecule has 0 spiro atoms. The molecule has 146 valence electrons. The third-order valence-electron chi connectivity index (χ3n) is 4.05. The van der Waals surface area contributed by atoms with Crippen LogP contribution < -0.4 is 4.90 Å². The van der Waals surface area contributed by atoms with Crippen LogP contribution in [-0.4, -0.2) is 68.4 Å². The number of nitrogens with zero attached hydrogens (tertiary/aromatic N) is 3. The van der Waals surface area contributed by atoms with Crippen LogP contribution in [0, 0.1) is 0 Å². The second-order valence-corrected chi connectivity index (χ2v) is 5.87. The number of hydrogen-bond acceptors (Lipinski definition) is 5. The number of pyridine rings is 1. The number of anilines is 1. The number of alkyl halides is 3. The van der Waals surface area contributed by atoms with Crippen LogP contribution in [0.25, 0.3) is 0 Å². The van der Waals surface area contributed by atoms with Crippen molar-refractivity contribution in [3.63, 3.8) is 0 Å². The molecule has 1 aromatic rings. The molecule has 6 nitrogen and oxygen atoms in total. The maximum atomic E-state index is 12.6. The number of hydrogen-bond donors (Lipinski definition) is 0. The molecule has 0 N–H and O–H groups in total. The number of aromatic nitrogens is 1. The van der Waals surface area contributed by atoms with E-state index in [1.165, 1.54) is 6.07 Å². The van der Waals surface area contributed by atoms with Crippen molar-refractivity contribution in [2.45, 2.75) is 19.5 Å². The Hall–Kier alpha value is -1.87. The zero-order valence-electron chi connectivity index (χ0n) is 14.8. The minimum absolute atomic E-state index is 0.00556. The van der Waals surface area contributed by atoms with Gasteiger partial charge < -0.3 is 19.3 Å². The summed E-state index contributed by atoms with van der Waals surface area (Å²) < 4.78 is 48.3. The van der Waals surface area contributed by atoms with Gasteiger partial charge in [0.15, 0.2) is 0 Å². The number of carbonyl (C=O) groups is 1. The minimum Gasteiger partial charge on any atom is -0.379 e. The molecule has 0 bridgehead atoms. The van der Waals surface area contributed by atoms with E-state index >= 15 is 0 Å². The average molecular weight is 375 g/mol. The van der Waals surface area contributed by atoms with E-state index in [9.17, 15) is 18.0 Å². The van der Waals surface area contributed by atoms with Gasteiger partial charge in [-0.1, -0.05) is 0 Å². The summed E-state index contributed by atoms with van der Waals surface area (Å²) >= 11 is 0. The summed E-state index contributed by atoms with van der Waals surface area (Å²) in [6.07, 6.45) is -2.83. The number of ether oxygens (including phenoxy) is 2. The topological polar surface area (TPSA) is 54.9 Å². The zero-order chi connectivity index (χ0) is 19.0. The van der Waals surface area contributed by atoms with Crippen LogP contribution in [0.2, 0.25) is 0 Å². The lowest BCUT2D eigenvalue weighted by Crippen LogP contribution is -2.37. The van der Waals surface area contributed by atoms with Gasteiger partial charge in [0.1, 0.15) is 12.4 Å². The van der Waals surface area contributed by atoms with Gasteiger partial charge in [0.2, 0.25) is 5.91 Å². The molecule has 1 aliphatic heterocycles. The molecule has 2 heterocycles. The van der Waals surface area contributed by atoms with Crippen molar-refractivity contribution in [3.05, 3.63) is 23.9 Å². The summed E-state index contributed by atoms with van der Waals surface area (Å²) in [7, 11) is 0. The normalized spacial score (nSPS) is 15.8. The van der Waals surface area contributed by atoms with Gasteiger partial charge in [-0.2, -0.15) is 13.2 Å². The van der Waals surface area contributed by atoms with Crippen LogP contribution in [0.5, 0.6) is 0 Å². The predicted octanol–water partition coefficient (Wildman–Crippen LogP) is 2.19. The first-order valence-corrected chi connectivity index (χ1v) is 8.63. The Kier molecular flexibility index (Phi) is 7.65. The quantitative estimate of drug-likeness (QED) is 0.684. The standard InChI is InChI=1S/C17H24F3N3O3/c1-2-25-10-11-26-13-16(24)23-7-3-6-22(8-9-23)15-5-4-14(12-21-15)17(18,19)20/h4-5,12H,2-3,6-11,13H2,1H3. The van der Waals surface area contributed by atoms with Crippen molar-refractivity contribution in [2.24, 2.45) is 0 Å². The summed E-state index contributed by atoms with van der Waals surface area (Å²) in [5.74, 6) is 0.393. The monoisotopic (exact) mass is 375 g/mol. The first-order valence-electron chi connectivity index (χ1n) is 8.63. The van der Waals surface area contributed by atoms with Gasteiger partial charge in [-0.15, -0.1) is 0 Å². The van der Waals surface area contributed by atoms with Gasteiger partial charge in [0.25, 0.3) is 0 Å². The molecule has 2 rings (SSSR count). The van der Waals surface area contributed by atoms with E-state index in [1.54, 1.807) is 4.90 Å². The van der Waals surface area contributed by atoms with Crippen LogP contribution in [0.3, 0.4) is 0 Å². The van der Waals surface area contributed by atoms with Crippen molar-refractivity contribution >= 4 is 11.7 Å². The van der Waals surface area contributed by atoms with E-state index in [0.29, 0.717) is 58.2 Å². The summed E-state index contributed by atoms with van der Waals surface area (Å²) in [4.78, 5) is 19.7. The van der Waals surface area contributed by atoms with E-state index in [2.05, 4.69) is 4.98 Å². The highest BCUT2D eigenvalue weighted by molar-refractivity contribution is 5.77. The van der Waals surface area contributed by atoms with Gasteiger partial charge in [-0.3, -0.25) is 4.79 Å². The van der Waals surface area contributed by atoms with Gasteiger partial charge in [-0.05, 0) is 25.5 Å². The van der Waals surface area contributed by atoms with E-state index in [4.69, 9.17) is 9.47 Å².